The Morgan fingerprint density at radius 3 is 2.90 bits per heavy atom. The van der Waals surface area contributed by atoms with Gasteiger partial charge in [-0.15, -0.1) is 11.3 Å². The highest BCUT2D eigenvalue weighted by molar-refractivity contribution is 9.11. The number of carbonyl (C=O) groups is 1. The molecule has 1 amide bonds. The molecule has 20 heavy (non-hydrogen) atoms. The minimum atomic E-state index is -0.633. The van der Waals surface area contributed by atoms with Gasteiger partial charge in [-0.25, -0.2) is 9.37 Å². The molecule has 0 aliphatic carbocycles. The first-order chi connectivity index (χ1) is 9.61. The van der Waals surface area contributed by atoms with Gasteiger partial charge in [0.15, 0.2) is 11.6 Å². The molecule has 0 aliphatic rings. The van der Waals surface area contributed by atoms with Crippen molar-refractivity contribution < 1.29 is 9.18 Å². The molecule has 0 atom stereocenters. The van der Waals surface area contributed by atoms with Crippen molar-refractivity contribution in [3.63, 3.8) is 0 Å². The predicted octanol–water partition coefficient (Wildman–Crippen LogP) is 3.06. The standard InChI is InChI=1S/C13H13BrFN3OS/c1-16-12-11(15)9(5-7-17-12)13(19)18-6-4-8-2-3-10(14)20-8/h2-3,5,7H,4,6H2,1H3,(H,16,17)(H,18,19). The highest BCUT2D eigenvalue weighted by Crippen LogP contribution is 2.22. The summed E-state index contributed by atoms with van der Waals surface area (Å²) in [5.41, 5.74) is -0.00305. The summed E-state index contributed by atoms with van der Waals surface area (Å²) in [7, 11) is 1.56. The molecule has 0 aromatic carbocycles. The highest BCUT2D eigenvalue weighted by Gasteiger charge is 2.14. The molecule has 106 valence electrons. The second-order valence-electron chi connectivity index (χ2n) is 3.98. The number of anilines is 1. The Morgan fingerprint density at radius 1 is 1.45 bits per heavy atom. The first kappa shape index (κ1) is 14.9. The van der Waals surface area contributed by atoms with Crippen molar-refractivity contribution in [2.24, 2.45) is 0 Å². The lowest BCUT2D eigenvalue weighted by Gasteiger charge is -2.07. The Kier molecular flexibility index (Phi) is 5.08. The van der Waals surface area contributed by atoms with Gasteiger partial charge in [-0.3, -0.25) is 4.79 Å². The average molecular weight is 358 g/mol. The molecule has 0 spiro atoms. The molecule has 2 aromatic heterocycles. The average Bonchev–Trinajstić information content (AvgIpc) is 2.84. The first-order valence-corrected chi connectivity index (χ1v) is 7.57. The van der Waals surface area contributed by atoms with Crippen molar-refractivity contribution in [1.29, 1.82) is 0 Å². The van der Waals surface area contributed by atoms with E-state index in [4.69, 9.17) is 0 Å². The minimum absolute atomic E-state index is 0.00305. The topological polar surface area (TPSA) is 54.0 Å². The van der Waals surface area contributed by atoms with Crippen LogP contribution in [0.25, 0.3) is 0 Å². The van der Waals surface area contributed by atoms with Crippen molar-refractivity contribution in [2.45, 2.75) is 6.42 Å². The molecule has 0 fully saturated rings. The van der Waals surface area contributed by atoms with Gasteiger partial charge < -0.3 is 10.6 Å². The van der Waals surface area contributed by atoms with Crippen LogP contribution in [0.15, 0.2) is 28.2 Å². The van der Waals surface area contributed by atoms with Crippen molar-refractivity contribution in [3.8, 4) is 0 Å². The number of amides is 1. The maximum atomic E-state index is 13.9. The zero-order chi connectivity index (χ0) is 14.5. The van der Waals surface area contributed by atoms with Gasteiger partial charge in [0.25, 0.3) is 5.91 Å². The largest absolute Gasteiger partial charge is 0.371 e. The smallest absolute Gasteiger partial charge is 0.254 e. The van der Waals surface area contributed by atoms with Gasteiger partial charge >= 0.3 is 0 Å². The van der Waals surface area contributed by atoms with Crippen LogP contribution in [0.1, 0.15) is 15.2 Å². The zero-order valence-electron chi connectivity index (χ0n) is 10.7. The second-order valence-corrected chi connectivity index (χ2v) is 6.53. The lowest BCUT2D eigenvalue weighted by atomic mass is 10.2. The molecular weight excluding hydrogens is 345 g/mol. The summed E-state index contributed by atoms with van der Waals surface area (Å²) in [5, 5.41) is 5.31. The van der Waals surface area contributed by atoms with Crippen LogP contribution in [0.4, 0.5) is 10.2 Å². The Hall–Kier alpha value is -1.47. The van der Waals surface area contributed by atoms with Crippen molar-refractivity contribution in [3.05, 3.63) is 44.4 Å². The molecule has 0 radical (unpaired) electrons. The van der Waals surface area contributed by atoms with E-state index in [0.29, 0.717) is 13.0 Å². The fourth-order valence-corrected chi connectivity index (χ4v) is 3.16. The predicted molar refractivity (Wildman–Crippen MR) is 81.8 cm³/mol. The summed E-state index contributed by atoms with van der Waals surface area (Å²) < 4.78 is 14.9. The Bertz CT molecular complexity index is 617. The normalized spacial score (nSPS) is 10.3. The number of hydrogen-bond acceptors (Lipinski definition) is 4. The van der Waals surface area contributed by atoms with E-state index in [2.05, 4.69) is 31.5 Å². The number of halogens is 2. The molecule has 2 aromatic rings. The summed E-state index contributed by atoms with van der Waals surface area (Å²) in [4.78, 5) is 16.9. The van der Waals surface area contributed by atoms with E-state index in [1.54, 1.807) is 18.4 Å². The molecule has 2 N–H and O–H groups in total. The Balaban J connectivity index is 1.95. The van der Waals surface area contributed by atoms with Gasteiger partial charge in [0, 0.05) is 24.7 Å². The number of nitrogens with one attached hydrogen (secondary N) is 2. The number of carbonyl (C=O) groups excluding carboxylic acids is 1. The molecule has 2 heterocycles. The number of aromatic nitrogens is 1. The SMILES string of the molecule is CNc1nccc(C(=O)NCCc2ccc(Br)s2)c1F. The summed E-state index contributed by atoms with van der Waals surface area (Å²) >= 11 is 5.00. The molecule has 0 unspecified atom stereocenters. The molecule has 7 heteroatoms. The molecule has 4 nitrogen and oxygen atoms in total. The van der Waals surface area contributed by atoms with Gasteiger partial charge in [-0.1, -0.05) is 0 Å². The van der Waals surface area contributed by atoms with Gasteiger partial charge in [-0.2, -0.15) is 0 Å². The van der Waals surface area contributed by atoms with Crippen LogP contribution in [-0.2, 0) is 6.42 Å². The second kappa shape index (κ2) is 6.81. The van der Waals surface area contributed by atoms with E-state index >= 15 is 0 Å². The Labute approximate surface area is 128 Å². The van der Waals surface area contributed by atoms with E-state index < -0.39 is 11.7 Å². The number of pyridine rings is 1. The maximum Gasteiger partial charge on any atom is 0.254 e. The number of thiophene rings is 1. The van der Waals surface area contributed by atoms with Crippen molar-refractivity contribution >= 4 is 39.0 Å². The van der Waals surface area contributed by atoms with Gasteiger partial charge in [0.1, 0.15) is 0 Å². The molecule has 0 saturated carbocycles. The van der Waals surface area contributed by atoms with Gasteiger partial charge in [0.05, 0.1) is 9.35 Å². The molecule has 0 aliphatic heterocycles. The maximum absolute atomic E-state index is 13.9. The fourth-order valence-electron chi connectivity index (χ4n) is 1.67. The Morgan fingerprint density at radius 2 is 2.25 bits per heavy atom. The van der Waals surface area contributed by atoms with Gasteiger partial charge in [0.2, 0.25) is 0 Å². The van der Waals surface area contributed by atoms with Crippen LogP contribution in [-0.4, -0.2) is 24.5 Å². The van der Waals surface area contributed by atoms with Crippen molar-refractivity contribution in [2.75, 3.05) is 18.9 Å². The van der Waals surface area contributed by atoms with E-state index in [9.17, 15) is 9.18 Å². The quantitative estimate of drug-likeness (QED) is 0.864. The third-order valence-electron chi connectivity index (χ3n) is 2.66. The summed E-state index contributed by atoms with van der Waals surface area (Å²) in [6, 6.07) is 5.32. The van der Waals surface area contributed by atoms with E-state index in [-0.39, 0.29) is 11.4 Å². The minimum Gasteiger partial charge on any atom is -0.371 e. The van der Waals surface area contributed by atoms with Crippen LogP contribution in [0.3, 0.4) is 0 Å². The lowest BCUT2D eigenvalue weighted by molar-refractivity contribution is 0.0950. The van der Waals surface area contributed by atoms with Crippen molar-refractivity contribution in [1.82, 2.24) is 10.3 Å². The third kappa shape index (κ3) is 3.55. The third-order valence-corrected chi connectivity index (χ3v) is 4.34. The van der Waals surface area contributed by atoms with E-state index in [0.717, 1.165) is 8.66 Å². The monoisotopic (exact) mass is 357 g/mol. The number of nitrogens with zero attached hydrogens (tertiary/aromatic N) is 1. The number of rotatable bonds is 5. The molecule has 0 bridgehead atoms. The lowest BCUT2D eigenvalue weighted by Crippen LogP contribution is -2.26. The van der Waals surface area contributed by atoms with E-state index in [1.807, 2.05) is 12.1 Å². The summed E-state index contributed by atoms with van der Waals surface area (Å²) in [6.45, 7) is 0.461. The zero-order valence-corrected chi connectivity index (χ0v) is 13.1. The van der Waals surface area contributed by atoms with Crippen LogP contribution in [0, 0.1) is 5.82 Å². The fraction of sp³-hybridized carbons (Fsp3) is 0.231. The molecule has 0 saturated heterocycles. The van der Waals surface area contributed by atoms with Gasteiger partial charge in [-0.05, 0) is 40.5 Å². The first-order valence-electron chi connectivity index (χ1n) is 5.96. The van der Waals surface area contributed by atoms with Crippen LogP contribution >= 0.6 is 27.3 Å². The highest BCUT2D eigenvalue weighted by atomic mass is 79.9. The van der Waals surface area contributed by atoms with Crippen LogP contribution in [0.2, 0.25) is 0 Å². The summed E-state index contributed by atoms with van der Waals surface area (Å²) in [6.07, 6.45) is 2.12. The molecule has 2 rings (SSSR count). The van der Waals surface area contributed by atoms with E-state index in [1.165, 1.54) is 12.3 Å². The number of hydrogen-bond donors (Lipinski definition) is 2. The van der Waals surface area contributed by atoms with Crippen LogP contribution < -0.4 is 10.6 Å². The van der Waals surface area contributed by atoms with Crippen LogP contribution in [0.5, 0.6) is 0 Å². The summed E-state index contributed by atoms with van der Waals surface area (Å²) in [5.74, 6) is -0.997. The molecular formula is C13H13BrFN3OS.